The van der Waals surface area contributed by atoms with Gasteiger partial charge in [0, 0.05) is 39.8 Å². The monoisotopic (exact) mass is 462 g/mol. The summed E-state index contributed by atoms with van der Waals surface area (Å²) in [4.78, 5) is 18.6. The van der Waals surface area contributed by atoms with E-state index in [1.807, 2.05) is 31.2 Å². The Bertz CT molecular complexity index is 1210. The maximum atomic E-state index is 12.8. The molecule has 1 saturated heterocycles. The van der Waals surface area contributed by atoms with E-state index in [0.29, 0.717) is 6.04 Å². The van der Waals surface area contributed by atoms with Crippen LogP contribution in [0.15, 0.2) is 42.5 Å². The van der Waals surface area contributed by atoms with Crippen LogP contribution < -0.4 is 20.1 Å². The number of fused-ring (bicyclic) bond motifs is 2. The number of urea groups is 1. The molecule has 2 fully saturated rings. The number of hydrogen-bond donors (Lipinski definition) is 3. The number of carbonyl (C=O) groups is 1. The Morgan fingerprint density at radius 3 is 2.71 bits per heavy atom. The molecule has 3 N–H and O–H groups in total. The molecule has 1 aliphatic carbocycles. The fraction of sp³-hybridized carbons (Fsp3) is 0.444. The van der Waals surface area contributed by atoms with E-state index >= 15 is 0 Å². The number of methoxy groups -OCH3 is 2. The van der Waals surface area contributed by atoms with Gasteiger partial charge in [-0.3, -0.25) is 0 Å². The highest BCUT2D eigenvalue weighted by Crippen LogP contribution is 2.49. The van der Waals surface area contributed by atoms with Crippen LogP contribution in [0.5, 0.6) is 11.5 Å². The van der Waals surface area contributed by atoms with Crippen LogP contribution in [0, 0.1) is 6.92 Å². The number of likely N-dealkylation sites (N-methyl/N-ethyl adjacent to an activating group) is 1. The zero-order valence-corrected chi connectivity index (χ0v) is 20.4. The van der Waals surface area contributed by atoms with Gasteiger partial charge in [-0.1, -0.05) is 6.07 Å². The summed E-state index contributed by atoms with van der Waals surface area (Å²) in [5.41, 5.74) is 4.36. The lowest BCUT2D eigenvalue weighted by Gasteiger charge is -2.45. The summed E-state index contributed by atoms with van der Waals surface area (Å²) in [5.74, 6) is 1.53. The third-order valence-electron chi connectivity index (χ3n) is 7.83. The Morgan fingerprint density at radius 2 is 1.91 bits per heavy atom. The molecule has 3 aromatic rings. The van der Waals surface area contributed by atoms with Gasteiger partial charge >= 0.3 is 6.03 Å². The minimum absolute atomic E-state index is 0.0696. The molecule has 0 spiro atoms. The van der Waals surface area contributed by atoms with Crippen molar-refractivity contribution in [3.63, 3.8) is 0 Å². The number of aromatic amines is 1. The number of nitrogens with zero attached hydrogens (tertiary/aromatic N) is 1. The summed E-state index contributed by atoms with van der Waals surface area (Å²) >= 11 is 0. The zero-order chi connectivity index (χ0) is 23.9. The number of anilines is 1. The SMILES string of the molecule is COc1ccc(C23CCC(NC(=O)Nc4ccc5[nH]c(C)cc5c4)CC2N(C)CC3)cc1OC. The Kier molecular flexibility index (Phi) is 5.90. The van der Waals surface area contributed by atoms with E-state index in [-0.39, 0.29) is 17.5 Å². The van der Waals surface area contributed by atoms with Crippen LogP contribution in [0.1, 0.15) is 36.9 Å². The van der Waals surface area contributed by atoms with Crippen molar-refractivity contribution < 1.29 is 14.3 Å². The van der Waals surface area contributed by atoms with Crippen molar-refractivity contribution in [2.24, 2.45) is 0 Å². The van der Waals surface area contributed by atoms with Gasteiger partial charge in [-0.05, 0) is 88.2 Å². The highest BCUT2D eigenvalue weighted by molar-refractivity contribution is 5.93. The predicted molar refractivity (Wildman–Crippen MR) is 135 cm³/mol. The molecule has 7 nitrogen and oxygen atoms in total. The van der Waals surface area contributed by atoms with Gasteiger partial charge in [-0.25, -0.2) is 4.79 Å². The molecular weight excluding hydrogens is 428 g/mol. The fourth-order valence-corrected chi connectivity index (χ4v) is 6.10. The lowest BCUT2D eigenvalue weighted by atomic mass is 9.65. The summed E-state index contributed by atoms with van der Waals surface area (Å²) in [6, 6.07) is 14.7. The van der Waals surface area contributed by atoms with E-state index in [9.17, 15) is 4.79 Å². The van der Waals surface area contributed by atoms with E-state index in [1.54, 1.807) is 14.2 Å². The molecule has 2 amide bonds. The molecule has 5 rings (SSSR count). The van der Waals surface area contributed by atoms with Crippen LogP contribution in [-0.2, 0) is 5.41 Å². The van der Waals surface area contributed by atoms with Gasteiger partial charge in [0.05, 0.1) is 14.2 Å². The third-order valence-corrected chi connectivity index (χ3v) is 7.83. The quantitative estimate of drug-likeness (QED) is 0.509. The van der Waals surface area contributed by atoms with Crippen molar-refractivity contribution in [1.29, 1.82) is 0 Å². The van der Waals surface area contributed by atoms with Crippen LogP contribution in [0.25, 0.3) is 10.9 Å². The van der Waals surface area contributed by atoms with Crippen molar-refractivity contribution in [2.45, 2.75) is 50.1 Å². The lowest BCUT2D eigenvalue weighted by molar-refractivity contribution is 0.156. The van der Waals surface area contributed by atoms with Crippen LogP contribution in [0.3, 0.4) is 0 Å². The molecule has 7 heteroatoms. The number of benzene rings is 2. The molecule has 2 aromatic carbocycles. The molecule has 0 radical (unpaired) electrons. The van der Waals surface area contributed by atoms with Gasteiger partial charge in [0.1, 0.15) is 0 Å². The first-order valence-electron chi connectivity index (χ1n) is 12.0. The molecule has 34 heavy (non-hydrogen) atoms. The first kappa shape index (κ1) is 22.6. The van der Waals surface area contributed by atoms with Crippen molar-refractivity contribution in [1.82, 2.24) is 15.2 Å². The molecule has 3 unspecified atom stereocenters. The maximum absolute atomic E-state index is 12.8. The largest absolute Gasteiger partial charge is 0.493 e. The molecule has 0 bridgehead atoms. The maximum Gasteiger partial charge on any atom is 0.319 e. The molecule has 1 saturated carbocycles. The Morgan fingerprint density at radius 1 is 1.09 bits per heavy atom. The first-order chi connectivity index (χ1) is 16.4. The summed E-state index contributed by atoms with van der Waals surface area (Å²) in [7, 11) is 5.55. The van der Waals surface area contributed by atoms with Crippen LogP contribution >= 0.6 is 0 Å². The number of rotatable bonds is 5. The van der Waals surface area contributed by atoms with Gasteiger partial charge in [-0.15, -0.1) is 0 Å². The van der Waals surface area contributed by atoms with Gasteiger partial charge in [0.2, 0.25) is 0 Å². The van der Waals surface area contributed by atoms with Crippen molar-refractivity contribution in [2.75, 3.05) is 33.1 Å². The van der Waals surface area contributed by atoms with Crippen molar-refractivity contribution >= 4 is 22.6 Å². The topological polar surface area (TPSA) is 78.6 Å². The molecule has 180 valence electrons. The average Bonchev–Trinajstić information content (AvgIpc) is 3.37. The molecule has 2 heterocycles. The zero-order valence-electron chi connectivity index (χ0n) is 20.4. The van der Waals surface area contributed by atoms with E-state index in [0.717, 1.165) is 66.0 Å². The number of H-pyrrole nitrogens is 1. The van der Waals surface area contributed by atoms with Crippen molar-refractivity contribution in [3.05, 3.63) is 53.7 Å². The lowest BCUT2D eigenvalue weighted by Crippen LogP contribution is -2.52. The third kappa shape index (κ3) is 3.98. The summed E-state index contributed by atoms with van der Waals surface area (Å²) in [6.45, 7) is 3.08. The molecule has 1 aliphatic heterocycles. The number of carbonyl (C=O) groups excluding carboxylic acids is 1. The van der Waals surface area contributed by atoms with Gasteiger partial charge < -0.3 is 30.0 Å². The minimum atomic E-state index is -0.143. The second-order valence-electron chi connectivity index (χ2n) is 9.80. The Hall–Kier alpha value is -3.19. The predicted octanol–water partition coefficient (Wildman–Crippen LogP) is 4.81. The van der Waals surface area contributed by atoms with Crippen LogP contribution in [0.2, 0.25) is 0 Å². The number of aromatic nitrogens is 1. The molecular formula is C27H34N4O3. The standard InChI is InChI=1S/C27H34N4O3/c1-17-13-18-14-20(6-7-22(18)28-17)29-26(32)30-21-9-10-27(11-12-31(2)25(27)16-21)19-5-8-23(33-3)24(15-19)34-4/h5-8,13-15,21,25,28H,9-12,16H2,1-4H3,(H2,29,30,32). The van der Waals surface area contributed by atoms with Crippen LogP contribution in [-0.4, -0.2) is 55.8 Å². The average molecular weight is 463 g/mol. The number of nitrogens with one attached hydrogen (secondary N) is 3. The fourth-order valence-electron chi connectivity index (χ4n) is 6.10. The number of hydrogen-bond acceptors (Lipinski definition) is 4. The Labute approximate surface area is 200 Å². The van der Waals surface area contributed by atoms with Gasteiger partial charge in [0.25, 0.3) is 0 Å². The molecule has 1 aromatic heterocycles. The molecule has 3 atom stereocenters. The van der Waals surface area contributed by atoms with E-state index in [2.05, 4.69) is 45.8 Å². The molecule has 2 aliphatic rings. The number of ether oxygens (including phenoxy) is 2. The van der Waals surface area contributed by atoms with Crippen molar-refractivity contribution in [3.8, 4) is 11.5 Å². The smallest absolute Gasteiger partial charge is 0.319 e. The van der Waals surface area contributed by atoms with Gasteiger partial charge in [0.15, 0.2) is 11.5 Å². The van der Waals surface area contributed by atoms with Crippen LogP contribution in [0.4, 0.5) is 10.5 Å². The summed E-state index contributed by atoms with van der Waals surface area (Å²) in [6.07, 6.45) is 4.01. The summed E-state index contributed by atoms with van der Waals surface area (Å²) in [5, 5.41) is 7.35. The highest BCUT2D eigenvalue weighted by Gasteiger charge is 2.50. The summed E-state index contributed by atoms with van der Waals surface area (Å²) < 4.78 is 11.0. The number of aryl methyl sites for hydroxylation is 1. The first-order valence-corrected chi connectivity index (χ1v) is 12.0. The number of amides is 2. The second-order valence-corrected chi connectivity index (χ2v) is 9.80. The highest BCUT2D eigenvalue weighted by atomic mass is 16.5. The normalized spacial score (nSPS) is 24.6. The minimum Gasteiger partial charge on any atom is -0.493 e. The van der Waals surface area contributed by atoms with Gasteiger partial charge in [-0.2, -0.15) is 0 Å². The Balaban J connectivity index is 1.29. The van der Waals surface area contributed by atoms with E-state index in [1.165, 1.54) is 5.56 Å². The second kappa shape index (κ2) is 8.87. The number of likely N-dealkylation sites (tertiary alicyclic amines) is 1. The van der Waals surface area contributed by atoms with E-state index in [4.69, 9.17) is 9.47 Å². The van der Waals surface area contributed by atoms with E-state index < -0.39 is 0 Å².